The van der Waals surface area contributed by atoms with E-state index in [9.17, 15) is 0 Å². The molecular formula is C15H22ClN3S. The van der Waals surface area contributed by atoms with Crippen LogP contribution in [-0.2, 0) is 6.54 Å². The zero-order valence-corrected chi connectivity index (χ0v) is 13.9. The molecule has 0 unspecified atom stereocenters. The lowest BCUT2D eigenvalue weighted by Gasteiger charge is -2.20. The van der Waals surface area contributed by atoms with E-state index in [1.165, 1.54) is 0 Å². The van der Waals surface area contributed by atoms with Gasteiger partial charge in [-0.15, -0.1) is 0 Å². The number of fused-ring (bicyclic) bond motifs is 1. The molecule has 2 aromatic rings. The molecule has 20 heavy (non-hydrogen) atoms. The molecule has 0 bridgehead atoms. The normalized spacial score (nSPS) is 11.9. The average molecular weight is 312 g/mol. The summed E-state index contributed by atoms with van der Waals surface area (Å²) in [5.74, 6) is 0. The van der Waals surface area contributed by atoms with Crippen LogP contribution in [0.15, 0.2) is 18.2 Å². The van der Waals surface area contributed by atoms with Crippen molar-refractivity contribution in [2.45, 2.75) is 39.3 Å². The van der Waals surface area contributed by atoms with Crippen LogP contribution < -0.4 is 0 Å². The molecule has 2 rings (SSSR count). The Labute approximate surface area is 130 Å². The number of hydrogen-bond acceptors (Lipinski definition) is 2. The van der Waals surface area contributed by atoms with Crippen molar-refractivity contribution < 1.29 is 0 Å². The van der Waals surface area contributed by atoms with Crippen molar-refractivity contribution >= 4 is 34.9 Å². The van der Waals surface area contributed by atoms with Crippen molar-refractivity contribution in [1.82, 2.24) is 14.5 Å². The van der Waals surface area contributed by atoms with Crippen molar-refractivity contribution in [2.24, 2.45) is 0 Å². The number of imidazole rings is 1. The van der Waals surface area contributed by atoms with E-state index >= 15 is 0 Å². The maximum Gasteiger partial charge on any atom is 0.178 e. The topological polar surface area (TPSA) is 24.0 Å². The summed E-state index contributed by atoms with van der Waals surface area (Å²) in [6, 6.07) is 6.47. The van der Waals surface area contributed by atoms with Crippen LogP contribution in [0.3, 0.4) is 0 Å². The van der Waals surface area contributed by atoms with Gasteiger partial charge in [0, 0.05) is 12.6 Å². The van der Waals surface area contributed by atoms with Crippen LogP contribution in [0, 0.1) is 4.77 Å². The zero-order chi connectivity index (χ0) is 14.7. The van der Waals surface area contributed by atoms with Crippen molar-refractivity contribution in [3.8, 4) is 0 Å². The Morgan fingerprint density at radius 3 is 2.80 bits per heavy atom. The SMILES string of the molecule is CC(C)N(C)CCCCn1c(=S)[nH]c2cccc(Cl)c21. The van der Waals surface area contributed by atoms with E-state index in [4.69, 9.17) is 23.8 Å². The van der Waals surface area contributed by atoms with Gasteiger partial charge < -0.3 is 14.5 Å². The average Bonchev–Trinajstić information content (AvgIpc) is 2.71. The quantitative estimate of drug-likeness (QED) is 0.628. The fourth-order valence-electron chi connectivity index (χ4n) is 2.28. The summed E-state index contributed by atoms with van der Waals surface area (Å²) in [5.41, 5.74) is 2.04. The van der Waals surface area contributed by atoms with Gasteiger partial charge in [-0.3, -0.25) is 0 Å². The smallest absolute Gasteiger partial charge is 0.178 e. The predicted octanol–water partition coefficient (Wildman–Crippen LogP) is 4.47. The van der Waals surface area contributed by atoms with Gasteiger partial charge in [-0.2, -0.15) is 0 Å². The minimum absolute atomic E-state index is 0.597. The molecule has 110 valence electrons. The number of hydrogen-bond donors (Lipinski definition) is 1. The lowest BCUT2D eigenvalue weighted by molar-refractivity contribution is 0.266. The number of unbranched alkanes of at least 4 members (excludes halogenated alkanes) is 1. The first-order chi connectivity index (χ1) is 9.50. The Morgan fingerprint density at radius 2 is 2.10 bits per heavy atom. The molecule has 0 saturated heterocycles. The van der Waals surface area contributed by atoms with Gasteiger partial charge in [-0.25, -0.2) is 0 Å². The van der Waals surface area contributed by atoms with Crippen molar-refractivity contribution in [3.63, 3.8) is 0 Å². The molecule has 1 heterocycles. The highest BCUT2D eigenvalue weighted by Crippen LogP contribution is 2.23. The number of nitrogens with one attached hydrogen (secondary N) is 1. The third-order valence-corrected chi connectivity index (χ3v) is 4.39. The van der Waals surface area contributed by atoms with Crippen LogP contribution in [0.4, 0.5) is 0 Å². The first-order valence-electron chi connectivity index (χ1n) is 7.08. The highest BCUT2D eigenvalue weighted by molar-refractivity contribution is 7.71. The van der Waals surface area contributed by atoms with Crippen LogP contribution >= 0.6 is 23.8 Å². The van der Waals surface area contributed by atoms with Crippen LogP contribution in [-0.4, -0.2) is 34.1 Å². The molecule has 0 spiro atoms. The predicted molar refractivity (Wildman–Crippen MR) is 89.1 cm³/mol. The van der Waals surface area contributed by atoms with Gasteiger partial charge in [0.2, 0.25) is 0 Å². The highest BCUT2D eigenvalue weighted by Gasteiger charge is 2.08. The number of benzene rings is 1. The molecular weight excluding hydrogens is 290 g/mol. The fourth-order valence-corrected chi connectivity index (χ4v) is 2.85. The molecule has 0 radical (unpaired) electrons. The number of aryl methyl sites for hydroxylation is 1. The Morgan fingerprint density at radius 1 is 1.35 bits per heavy atom. The first-order valence-corrected chi connectivity index (χ1v) is 7.86. The van der Waals surface area contributed by atoms with Gasteiger partial charge in [0.25, 0.3) is 0 Å². The number of para-hydroxylation sites is 1. The molecule has 0 saturated carbocycles. The maximum atomic E-state index is 6.28. The number of halogens is 1. The number of aromatic amines is 1. The second-order valence-electron chi connectivity index (χ2n) is 5.50. The molecule has 0 aliphatic carbocycles. The fraction of sp³-hybridized carbons (Fsp3) is 0.533. The van der Waals surface area contributed by atoms with Crippen molar-refractivity contribution in [2.75, 3.05) is 13.6 Å². The molecule has 5 heteroatoms. The molecule has 0 fully saturated rings. The van der Waals surface area contributed by atoms with Crippen molar-refractivity contribution in [1.29, 1.82) is 0 Å². The van der Waals surface area contributed by atoms with Gasteiger partial charge in [-0.05, 0) is 64.6 Å². The van der Waals surface area contributed by atoms with Gasteiger partial charge in [0.1, 0.15) is 0 Å². The molecule has 0 aliphatic heterocycles. The highest BCUT2D eigenvalue weighted by atomic mass is 35.5. The number of nitrogens with zero attached hydrogens (tertiary/aromatic N) is 2. The lowest BCUT2D eigenvalue weighted by atomic mass is 10.2. The van der Waals surface area contributed by atoms with Gasteiger partial charge >= 0.3 is 0 Å². The van der Waals surface area contributed by atoms with Crippen LogP contribution in [0.5, 0.6) is 0 Å². The Bertz CT molecular complexity index is 630. The zero-order valence-electron chi connectivity index (χ0n) is 12.3. The summed E-state index contributed by atoms with van der Waals surface area (Å²) < 4.78 is 2.87. The van der Waals surface area contributed by atoms with Gasteiger partial charge in [0.05, 0.1) is 16.1 Å². The number of H-pyrrole nitrogens is 1. The van der Waals surface area contributed by atoms with Crippen LogP contribution in [0.1, 0.15) is 26.7 Å². The van der Waals surface area contributed by atoms with Crippen LogP contribution in [0.2, 0.25) is 5.02 Å². The summed E-state index contributed by atoms with van der Waals surface area (Å²) in [4.78, 5) is 5.58. The number of aromatic nitrogens is 2. The van der Waals surface area contributed by atoms with Crippen molar-refractivity contribution in [3.05, 3.63) is 28.0 Å². The maximum absolute atomic E-state index is 6.28. The third-order valence-electron chi connectivity index (χ3n) is 3.77. The molecule has 1 aromatic carbocycles. The summed E-state index contributed by atoms with van der Waals surface area (Å²) in [6.45, 7) is 6.46. The Balaban J connectivity index is 2.04. The Kier molecular flexibility index (Phi) is 5.24. The van der Waals surface area contributed by atoms with E-state index in [0.717, 1.165) is 46.8 Å². The monoisotopic (exact) mass is 311 g/mol. The van der Waals surface area contributed by atoms with Gasteiger partial charge in [0.15, 0.2) is 4.77 Å². The number of rotatable bonds is 6. The third kappa shape index (κ3) is 3.43. The summed E-state index contributed by atoms with van der Waals surface area (Å²) >= 11 is 11.7. The van der Waals surface area contributed by atoms with E-state index in [2.05, 4.69) is 35.3 Å². The van der Waals surface area contributed by atoms with E-state index in [1.54, 1.807) is 0 Å². The lowest BCUT2D eigenvalue weighted by Crippen LogP contribution is -2.27. The minimum atomic E-state index is 0.597. The summed E-state index contributed by atoms with van der Waals surface area (Å²) in [5, 5.41) is 0.758. The van der Waals surface area contributed by atoms with E-state index < -0.39 is 0 Å². The molecule has 0 aliphatic rings. The largest absolute Gasteiger partial charge is 0.331 e. The van der Waals surface area contributed by atoms with Crippen LogP contribution in [0.25, 0.3) is 11.0 Å². The molecule has 3 nitrogen and oxygen atoms in total. The second-order valence-corrected chi connectivity index (χ2v) is 6.29. The Hall–Kier alpha value is -0.840. The summed E-state index contributed by atoms with van der Waals surface area (Å²) in [7, 11) is 2.17. The van der Waals surface area contributed by atoms with E-state index in [1.807, 2.05) is 18.2 Å². The van der Waals surface area contributed by atoms with Gasteiger partial charge in [-0.1, -0.05) is 17.7 Å². The standard InChI is InChI=1S/C15H22ClN3S/c1-11(2)18(3)9-4-5-10-19-14-12(16)7-6-8-13(14)17-15(19)20/h6-8,11H,4-5,9-10H2,1-3H3,(H,17,20). The summed E-state index contributed by atoms with van der Waals surface area (Å²) in [6.07, 6.45) is 2.26. The molecule has 1 aromatic heterocycles. The van der Waals surface area contributed by atoms with E-state index in [-0.39, 0.29) is 0 Å². The van der Waals surface area contributed by atoms with E-state index in [0.29, 0.717) is 6.04 Å². The first kappa shape index (κ1) is 15.5. The molecule has 0 amide bonds. The second kappa shape index (κ2) is 6.74. The molecule has 1 N–H and O–H groups in total. The molecule has 0 atom stereocenters. The minimum Gasteiger partial charge on any atom is -0.331 e.